The Morgan fingerprint density at radius 3 is 3.00 bits per heavy atom. The third-order valence-corrected chi connectivity index (χ3v) is 3.19. The molecule has 0 saturated heterocycles. The Labute approximate surface area is 119 Å². The standard InChI is InChI=1S/C15H21N3O2/c1-12(17-9-15(19)10-20-2)13-4-3-5-14(8-13)18-7-6-16-11-18/h3-8,11-12,15,17,19H,9-10H2,1-2H3/t12?,15-/m0/s1. The van der Waals surface area contributed by atoms with Gasteiger partial charge in [-0.05, 0) is 24.6 Å². The Balaban J connectivity index is 2.00. The molecule has 1 aromatic carbocycles. The summed E-state index contributed by atoms with van der Waals surface area (Å²) in [6.45, 7) is 2.92. The summed E-state index contributed by atoms with van der Waals surface area (Å²) in [5, 5.41) is 13.0. The molecule has 108 valence electrons. The van der Waals surface area contributed by atoms with Crippen molar-refractivity contribution in [1.82, 2.24) is 14.9 Å². The van der Waals surface area contributed by atoms with Crippen LogP contribution < -0.4 is 5.32 Å². The largest absolute Gasteiger partial charge is 0.389 e. The lowest BCUT2D eigenvalue weighted by Crippen LogP contribution is -2.31. The zero-order valence-corrected chi connectivity index (χ0v) is 11.9. The molecule has 0 spiro atoms. The molecule has 0 aliphatic rings. The van der Waals surface area contributed by atoms with Crippen LogP contribution in [0.3, 0.4) is 0 Å². The SMILES string of the molecule is COC[C@@H](O)CNC(C)c1cccc(-n2ccnc2)c1. The number of aliphatic hydroxyl groups excluding tert-OH is 1. The number of aromatic nitrogens is 2. The van der Waals surface area contributed by atoms with Crippen LogP contribution in [-0.2, 0) is 4.74 Å². The summed E-state index contributed by atoms with van der Waals surface area (Å²) in [7, 11) is 1.58. The number of nitrogens with one attached hydrogen (secondary N) is 1. The van der Waals surface area contributed by atoms with Crippen LogP contribution in [0.5, 0.6) is 0 Å². The smallest absolute Gasteiger partial charge is 0.0991 e. The summed E-state index contributed by atoms with van der Waals surface area (Å²) in [4.78, 5) is 4.05. The molecule has 2 aromatic rings. The minimum atomic E-state index is -0.487. The highest BCUT2D eigenvalue weighted by atomic mass is 16.5. The second-order valence-corrected chi connectivity index (χ2v) is 4.80. The summed E-state index contributed by atoms with van der Waals surface area (Å²) in [6, 6.07) is 8.40. The molecule has 1 aromatic heterocycles. The van der Waals surface area contributed by atoms with Gasteiger partial charge in [-0.2, -0.15) is 0 Å². The van der Waals surface area contributed by atoms with E-state index in [1.807, 2.05) is 22.9 Å². The molecule has 0 aliphatic carbocycles. The topological polar surface area (TPSA) is 59.3 Å². The zero-order valence-electron chi connectivity index (χ0n) is 11.9. The first-order chi connectivity index (χ1) is 9.70. The number of nitrogens with zero attached hydrogens (tertiary/aromatic N) is 2. The van der Waals surface area contributed by atoms with E-state index in [1.54, 1.807) is 19.6 Å². The second-order valence-electron chi connectivity index (χ2n) is 4.80. The minimum Gasteiger partial charge on any atom is -0.389 e. The van der Waals surface area contributed by atoms with E-state index in [4.69, 9.17) is 4.74 Å². The van der Waals surface area contributed by atoms with Gasteiger partial charge in [-0.3, -0.25) is 0 Å². The van der Waals surface area contributed by atoms with Crippen molar-refractivity contribution in [2.24, 2.45) is 0 Å². The van der Waals surface area contributed by atoms with Gasteiger partial charge < -0.3 is 19.7 Å². The molecule has 0 saturated carbocycles. The Bertz CT molecular complexity index is 514. The van der Waals surface area contributed by atoms with Crippen LogP contribution in [0.2, 0.25) is 0 Å². The molecule has 1 unspecified atom stereocenters. The number of methoxy groups -OCH3 is 1. The summed E-state index contributed by atoms with van der Waals surface area (Å²) >= 11 is 0. The van der Waals surface area contributed by atoms with Gasteiger partial charge >= 0.3 is 0 Å². The predicted molar refractivity (Wildman–Crippen MR) is 77.9 cm³/mol. The highest BCUT2D eigenvalue weighted by Crippen LogP contribution is 2.16. The fourth-order valence-electron chi connectivity index (χ4n) is 2.05. The van der Waals surface area contributed by atoms with Gasteiger partial charge in [0.05, 0.1) is 19.0 Å². The molecule has 0 radical (unpaired) electrons. The number of benzene rings is 1. The number of hydrogen-bond donors (Lipinski definition) is 2. The van der Waals surface area contributed by atoms with Crippen molar-refractivity contribution in [1.29, 1.82) is 0 Å². The summed E-state index contributed by atoms with van der Waals surface area (Å²) in [5.74, 6) is 0. The van der Waals surface area contributed by atoms with Crippen LogP contribution in [0.4, 0.5) is 0 Å². The van der Waals surface area contributed by atoms with Crippen LogP contribution in [-0.4, -0.2) is 41.0 Å². The Morgan fingerprint density at radius 2 is 2.30 bits per heavy atom. The predicted octanol–water partition coefficient (Wildman–Crippen LogP) is 1.53. The number of hydrogen-bond acceptors (Lipinski definition) is 4. The first-order valence-corrected chi connectivity index (χ1v) is 6.69. The molecule has 0 bridgehead atoms. The lowest BCUT2D eigenvalue weighted by molar-refractivity contribution is 0.0630. The maximum absolute atomic E-state index is 9.65. The van der Waals surface area contributed by atoms with E-state index in [0.717, 1.165) is 5.69 Å². The summed E-state index contributed by atoms with van der Waals surface area (Å²) in [6.07, 6.45) is 4.97. The van der Waals surface area contributed by atoms with Gasteiger partial charge in [0.15, 0.2) is 0 Å². The van der Waals surface area contributed by atoms with Gasteiger partial charge in [-0.1, -0.05) is 12.1 Å². The van der Waals surface area contributed by atoms with Gasteiger partial charge in [0.2, 0.25) is 0 Å². The highest BCUT2D eigenvalue weighted by Gasteiger charge is 2.09. The van der Waals surface area contributed by atoms with E-state index < -0.39 is 6.10 Å². The van der Waals surface area contributed by atoms with Gasteiger partial charge in [0, 0.05) is 37.8 Å². The lowest BCUT2D eigenvalue weighted by Gasteiger charge is -2.18. The molecular formula is C15H21N3O2. The fourth-order valence-corrected chi connectivity index (χ4v) is 2.05. The van der Waals surface area contributed by atoms with E-state index in [9.17, 15) is 5.11 Å². The van der Waals surface area contributed by atoms with E-state index in [-0.39, 0.29) is 6.04 Å². The fraction of sp³-hybridized carbons (Fsp3) is 0.400. The van der Waals surface area contributed by atoms with Crippen LogP contribution in [0, 0.1) is 0 Å². The maximum Gasteiger partial charge on any atom is 0.0991 e. The van der Waals surface area contributed by atoms with Gasteiger partial charge in [0.25, 0.3) is 0 Å². The highest BCUT2D eigenvalue weighted by molar-refractivity contribution is 5.36. The molecule has 0 aliphatic heterocycles. The van der Waals surface area contributed by atoms with Crippen LogP contribution in [0.1, 0.15) is 18.5 Å². The average Bonchev–Trinajstić information content (AvgIpc) is 2.99. The van der Waals surface area contributed by atoms with Gasteiger partial charge in [0.1, 0.15) is 0 Å². The van der Waals surface area contributed by atoms with Crippen molar-refractivity contribution in [2.75, 3.05) is 20.3 Å². The second kappa shape index (κ2) is 7.19. The van der Waals surface area contributed by atoms with Crippen molar-refractivity contribution in [3.05, 3.63) is 48.5 Å². The number of aliphatic hydroxyl groups is 1. The molecule has 2 N–H and O–H groups in total. The van der Waals surface area contributed by atoms with Crippen molar-refractivity contribution >= 4 is 0 Å². The summed E-state index contributed by atoms with van der Waals surface area (Å²) in [5.41, 5.74) is 2.24. The quantitative estimate of drug-likeness (QED) is 0.804. The first-order valence-electron chi connectivity index (χ1n) is 6.69. The number of imidazole rings is 1. The van der Waals surface area contributed by atoms with E-state index >= 15 is 0 Å². The molecule has 5 nitrogen and oxygen atoms in total. The Morgan fingerprint density at radius 1 is 1.45 bits per heavy atom. The Hall–Kier alpha value is -1.69. The lowest BCUT2D eigenvalue weighted by atomic mass is 10.1. The number of ether oxygens (including phenoxy) is 1. The maximum atomic E-state index is 9.65. The minimum absolute atomic E-state index is 0.157. The molecule has 0 fully saturated rings. The Kier molecular flexibility index (Phi) is 5.29. The van der Waals surface area contributed by atoms with Crippen LogP contribution in [0.25, 0.3) is 5.69 Å². The molecule has 1 heterocycles. The zero-order chi connectivity index (χ0) is 14.4. The van der Waals surface area contributed by atoms with E-state index in [0.29, 0.717) is 13.2 Å². The van der Waals surface area contributed by atoms with Crippen molar-refractivity contribution in [3.8, 4) is 5.69 Å². The monoisotopic (exact) mass is 275 g/mol. The van der Waals surface area contributed by atoms with Crippen molar-refractivity contribution in [2.45, 2.75) is 19.1 Å². The van der Waals surface area contributed by atoms with Crippen LogP contribution >= 0.6 is 0 Å². The van der Waals surface area contributed by atoms with Crippen LogP contribution in [0.15, 0.2) is 43.0 Å². The molecule has 2 rings (SSSR count). The van der Waals surface area contributed by atoms with Gasteiger partial charge in [-0.25, -0.2) is 4.98 Å². The van der Waals surface area contributed by atoms with Gasteiger partial charge in [-0.15, -0.1) is 0 Å². The molecule has 0 amide bonds. The third-order valence-electron chi connectivity index (χ3n) is 3.19. The van der Waals surface area contributed by atoms with Crippen molar-refractivity contribution in [3.63, 3.8) is 0 Å². The van der Waals surface area contributed by atoms with E-state index in [2.05, 4.69) is 29.4 Å². The third kappa shape index (κ3) is 3.90. The normalized spacial score (nSPS) is 14.2. The van der Waals surface area contributed by atoms with Crippen molar-refractivity contribution < 1.29 is 9.84 Å². The van der Waals surface area contributed by atoms with E-state index in [1.165, 1.54) is 5.56 Å². The first kappa shape index (κ1) is 14.7. The molecular weight excluding hydrogens is 254 g/mol. The molecule has 20 heavy (non-hydrogen) atoms. The molecule has 5 heteroatoms. The average molecular weight is 275 g/mol. The molecule has 2 atom stereocenters. The summed E-state index contributed by atoms with van der Waals surface area (Å²) < 4.78 is 6.88. The number of rotatable bonds is 7.